The highest BCUT2D eigenvalue weighted by Crippen LogP contribution is 2.39. The third kappa shape index (κ3) is 3.24. The molecule has 2 aliphatic rings. The monoisotopic (exact) mass is 307 g/mol. The average Bonchev–Trinajstić information content (AvgIpc) is 3.14. The number of benzene rings is 1. The largest absolute Gasteiger partial charge is 0.259 e. The van der Waals surface area contributed by atoms with Crippen molar-refractivity contribution >= 4 is 5.57 Å². The minimum absolute atomic E-state index is 0.802. The van der Waals surface area contributed by atoms with E-state index >= 15 is 0 Å². The van der Waals surface area contributed by atoms with E-state index < -0.39 is 0 Å². The third-order valence-electron chi connectivity index (χ3n) is 5.59. The zero-order valence-electron chi connectivity index (χ0n) is 13.7. The summed E-state index contributed by atoms with van der Waals surface area (Å²) in [5.41, 5.74) is 2.43. The van der Waals surface area contributed by atoms with Gasteiger partial charge in [0.2, 0.25) is 0 Å². The van der Waals surface area contributed by atoms with E-state index in [9.17, 15) is 0 Å². The lowest BCUT2D eigenvalue weighted by Crippen LogP contribution is -2.19. The van der Waals surface area contributed by atoms with E-state index in [1.165, 1.54) is 50.5 Å². The number of hydrogen-bond donors (Lipinski definition) is 1. The normalized spacial score (nSPS) is 22.8. The molecule has 1 aromatic heterocycles. The molecule has 0 saturated heterocycles. The molecule has 0 spiro atoms. The molecule has 4 rings (SSSR count). The molecule has 3 heteroatoms. The summed E-state index contributed by atoms with van der Waals surface area (Å²) < 4.78 is 0. The van der Waals surface area contributed by atoms with E-state index in [0.717, 1.165) is 35.5 Å². The number of rotatable bonds is 3. The van der Waals surface area contributed by atoms with Crippen molar-refractivity contribution in [3.05, 3.63) is 42.2 Å². The van der Waals surface area contributed by atoms with Crippen molar-refractivity contribution in [2.75, 3.05) is 0 Å². The van der Waals surface area contributed by atoms with Crippen LogP contribution >= 0.6 is 0 Å². The van der Waals surface area contributed by atoms with Crippen LogP contribution in [0.25, 0.3) is 17.0 Å². The maximum Gasteiger partial charge on any atom is 0.181 e. The molecular weight excluding hydrogens is 282 g/mol. The van der Waals surface area contributed by atoms with Gasteiger partial charge >= 0.3 is 0 Å². The minimum Gasteiger partial charge on any atom is -0.259 e. The molecule has 120 valence electrons. The molecule has 1 heterocycles. The van der Waals surface area contributed by atoms with Crippen LogP contribution < -0.4 is 0 Å². The zero-order valence-corrected chi connectivity index (χ0v) is 13.7. The van der Waals surface area contributed by atoms with E-state index in [-0.39, 0.29) is 0 Å². The molecule has 0 bridgehead atoms. The molecule has 2 aromatic rings. The highest BCUT2D eigenvalue weighted by atomic mass is 15.2. The van der Waals surface area contributed by atoms with Crippen molar-refractivity contribution < 1.29 is 0 Å². The summed E-state index contributed by atoms with van der Waals surface area (Å²) in [5, 5.41) is 7.53. The second-order valence-corrected chi connectivity index (χ2v) is 7.04. The van der Waals surface area contributed by atoms with Crippen LogP contribution in [0.15, 0.2) is 36.4 Å². The lowest BCUT2D eigenvalue weighted by Gasteiger charge is -2.32. The maximum atomic E-state index is 4.71. The Bertz CT molecular complexity index is 665. The van der Waals surface area contributed by atoms with Crippen LogP contribution in [0.1, 0.15) is 57.2 Å². The molecule has 0 amide bonds. The summed E-state index contributed by atoms with van der Waals surface area (Å²) in [7, 11) is 0. The Kier molecular flexibility index (Phi) is 4.27. The Morgan fingerprint density at radius 1 is 0.913 bits per heavy atom. The summed E-state index contributed by atoms with van der Waals surface area (Å²) in [6.45, 7) is 0. The highest BCUT2D eigenvalue weighted by molar-refractivity contribution is 5.63. The van der Waals surface area contributed by atoms with Crippen molar-refractivity contribution in [2.45, 2.75) is 51.4 Å². The standard InChI is InChI=1S/C20H25N3/c1-3-7-15(8-4-1)16-11-13-18(14-12-16)20-21-19(22-23-20)17-9-5-2-6-10-17/h2,5-6,9-10,13,15-16H,1,3-4,7-8,11-12,14H2,(H,21,22,23). The van der Waals surface area contributed by atoms with Crippen molar-refractivity contribution in [3.63, 3.8) is 0 Å². The first-order chi connectivity index (χ1) is 11.4. The molecule has 0 aliphatic heterocycles. The summed E-state index contributed by atoms with van der Waals surface area (Å²) in [4.78, 5) is 4.71. The van der Waals surface area contributed by atoms with Crippen molar-refractivity contribution in [2.24, 2.45) is 11.8 Å². The van der Waals surface area contributed by atoms with Gasteiger partial charge in [-0.25, -0.2) is 4.98 Å². The number of aromatic amines is 1. The topological polar surface area (TPSA) is 41.6 Å². The first-order valence-electron chi connectivity index (χ1n) is 9.07. The number of nitrogens with one attached hydrogen (secondary N) is 1. The Hall–Kier alpha value is -1.90. The maximum absolute atomic E-state index is 4.71. The number of H-pyrrole nitrogens is 1. The highest BCUT2D eigenvalue weighted by Gasteiger charge is 2.26. The fourth-order valence-electron chi connectivity index (χ4n) is 4.22. The molecule has 2 aliphatic carbocycles. The summed E-state index contributed by atoms with van der Waals surface area (Å²) in [6.07, 6.45) is 13.3. The van der Waals surface area contributed by atoms with E-state index in [1.54, 1.807) is 0 Å². The molecule has 1 N–H and O–H groups in total. The third-order valence-corrected chi connectivity index (χ3v) is 5.59. The second kappa shape index (κ2) is 6.69. The molecule has 3 nitrogen and oxygen atoms in total. The van der Waals surface area contributed by atoms with Gasteiger partial charge in [-0.1, -0.05) is 68.5 Å². The second-order valence-electron chi connectivity index (χ2n) is 7.04. The van der Waals surface area contributed by atoms with Crippen LogP contribution in [0.2, 0.25) is 0 Å². The number of aromatic nitrogens is 3. The van der Waals surface area contributed by atoms with Gasteiger partial charge in [-0.05, 0) is 36.7 Å². The van der Waals surface area contributed by atoms with Crippen LogP contribution in [0.4, 0.5) is 0 Å². The number of nitrogens with zero attached hydrogens (tertiary/aromatic N) is 2. The molecule has 1 fully saturated rings. The van der Waals surface area contributed by atoms with E-state index in [0.29, 0.717) is 0 Å². The Morgan fingerprint density at radius 3 is 2.48 bits per heavy atom. The van der Waals surface area contributed by atoms with Gasteiger partial charge in [0.25, 0.3) is 0 Å². The number of hydrogen-bond acceptors (Lipinski definition) is 2. The van der Waals surface area contributed by atoms with Crippen molar-refractivity contribution in [3.8, 4) is 11.4 Å². The van der Waals surface area contributed by atoms with E-state index in [1.807, 2.05) is 18.2 Å². The van der Waals surface area contributed by atoms with Gasteiger partial charge in [-0.3, -0.25) is 5.10 Å². The minimum atomic E-state index is 0.802. The van der Waals surface area contributed by atoms with E-state index in [2.05, 4.69) is 28.4 Å². The smallest absolute Gasteiger partial charge is 0.181 e. The Labute approximate surface area is 138 Å². The van der Waals surface area contributed by atoms with Crippen molar-refractivity contribution in [1.82, 2.24) is 15.2 Å². The van der Waals surface area contributed by atoms with Crippen LogP contribution in [-0.2, 0) is 0 Å². The van der Waals surface area contributed by atoms with Crippen LogP contribution in [0.3, 0.4) is 0 Å². The first kappa shape index (κ1) is 14.7. The average molecular weight is 307 g/mol. The first-order valence-corrected chi connectivity index (χ1v) is 9.07. The summed E-state index contributed by atoms with van der Waals surface area (Å²) in [5.74, 6) is 3.63. The zero-order chi connectivity index (χ0) is 15.5. The van der Waals surface area contributed by atoms with Gasteiger partial charge in [-0.15, -0.1) is 0 Å². The predicted molar refractivity (Wildman–Crippen MR) is 93.7 cm³/mol. The molecule has 1 aromatic carbocycles. The number of allylic oxidation sites excluding steroid dienone is 2. The van der Waals surface area contributed by atoms with Gasteiger partial charge in [0.15, 0.2) is 11.6 Å². The summed E-state index contributed by atoms with van der Waals surface area (Å²) in [6, 6.07) is 10.2. The van der Waals surface area contributed by atoms with Gasteiger partial charge < -0.3 is 0 Å². The Morgan fingerprint density at radius 2 is 1.74 bits per heavy atom. The molecule has 1 unspecified atom stereocenters. The van der Waals surface area contributed by atoms with Gasteiger partial charge in [0.05, 0.1) is 0 Å². The SMILES string of the molecule is C1=C(c2nc(-c3ccccc3)n[nH]2)CCC(C2CCCCC2)C1. The van der Waals surface area contributed by atoms with Crippen molar-refractivity contribution in [1.29, 1.82) is 0 Å². The van der Waals surface area contributed by atoms with Gasteiger partial charge in [-0.2, -0.15) is 5.10 Å². The van der Waals surface area contributed by atoms with E-state index in [4.69, 9.17) is 4.98 Å². The molecule has 0 radical (unpaired) electrons. The fraction of sp³-hybridized carbons (Fsp3) is 0.500. The van der Waals surface area contributed by atoms with Crippen LogP contribution in [0, 0.1) is 11.8 Å². The lowest BCUT2D eigenvalue weighted by atomic mass is 9.74. The fourth-order valence-corrected chi connectivity index (χ4v) is 4.22. The molecule has 1 atom stereocenters. The quantitative estimate of drug-likeness (QED) is 0.843. The van der Waals surface area contributed by atoms with Crippen LogP contribution in [0.5, 0.6) is 0 Å². The van der Waals surface area contributed by atoms with Gasteiger partial charge in [0.1, 0.15) is 0 Å². The lowest BCUT2D eigenvalue weighted by molar-refractivity contribution is 0.235. The predicted octanol–water partition coefficient (Wildman–Crippen LogP) is 5.24. The Balaban J connectivity index is 1.45. The summed E-state index contributed by atoms with van der Waals surface area (Å²) >= 11 is 0. The molecule has 1 saturated carbocycles. The van der Waals surface area contributed by atoms with Crippen LogP contribution in [-0.4, -0.2) is 15.2 Å². The van der Waals surface area contributed by atoms with Gasteiger partial charge in [0, 0.05) is 5.56 Å². The molecule has 23 heavy (non-hydrogen) atoms. The molecular formula is C20H25N3.